The van der Waals surface area contributed by atoms with E-state index < -0.39 is 34.9 Å². The van der Waals surface area contributed by atoms with E-state index in [0.29, 0.717) is 6.20 Å². The lowest BCUT2D eigenvalue weighted by Crippen LogP contribution is -2.09. The Morgan fingerprint density at radius 1 is 1.04 bits per heavy atom. The van der Waals surface area contributed by atoms with Gasteiger partial charge in [0, 0.05) is 11.6 Å². The van der Waals surface area contributed by atoms with Crippen LogP contribution in [0.25, 0.3) is 22.0 Å². The van der Waals surface area contributed by atoms with Crippen molar-refractivity contribution < 1.29 is 31.5 Å². The van der Waals surface area contributed by atoms with Crippen molar-refractivity contribution in [1.29, 1.82) is 0 Å². The van der Waals surface area contributed by atoms with Crippen LogP contribution in [0.3, 0.4) is 0 Å². The summed E-state index contributed by atoms with van der Waals surface area (Å²) in [6.45, 7) is 0. The number of hydrogen-bond acceptors (Lipinski definition) is 3. The van der Waals surface area contributed by atoms with Crippen molar-refractivity contribution in [1.82, 2.24) is 4.98 Å². The third kappa shape index (κ3) is 2.98. The van der Waals surface area contributed by atoms with Crippen molar-refractivity contribution >= 4 is 16.7 Å². The zero-order valence-electron chi connectivity index (χ0n) is 13.2. The summed E-state index contributed by atoms with van der Waals surface area (Å²) >= 11 is 0. The third-order valence-corrected chi connectivity index (χ3v) is 3.81. The van der Waals surface area contributed by atoms with Crippen LogP contribution in [0.1, 0.15) is 15.9 Å². The van der Waals surface area contributed by atoms with E-state index in [1.54, 1.807) is 0 Å². The van der Waals surface area contributed by atoms with Crippen molar-refractivity contribution in [3.05, 3.63) is 65.4 Å². The predicted molar refractivity (Wildman–Crippen MR) is 83.4 cm³/mol. The highest BCUT2D eigenvalue weighted by atomic mass is 19.4. The van der Waals surface area contributed by atoms with Gasteiger partial charge in [-0.15, -0.1) is 0 Å². The van der Waals surface area contributed by atoms with E-state index in [2.05, 4.69) is 9.72 Å². The standard InChI is InChI=1S/C18H10F5NO2/c1-26-17(25)9-5-6-10-11(7-9)16(24-8-12(10)18(21,22)23)15-13(19)3-2-4-14(15)20/h2-8H,1H3. The van der Waals surface area contributed by atoms with Gasteiger partial charge in [0.2, 0.25) is 0 Å². The maximum atomic E-state index is 14.1. The summed E-state index contributed by atoms with van der Waals surface area (Å²) in [6.07, 6.45) is -4.22. The molecule has 0 unspecified atom stereocenters. The first-order valence-electron chi connectivity index (χ1n) is 7.26. The molecule has 1 aromatic heterocycles. The molecule has 0 saturated heterocycles. The molecule has 0 atom stereocenters. The Labute approximate surface area is 144 Å². The van der Waals surface area contributed by atoms with E-state index in [9.17, 15) is 26.7 Å². The maximum Gasteiger partial charge on any atom is 0.418 e. The van der Waals surface area contributed by atoms with Crippen LogP contribution in [0.2, 0.25) is 0 Å². The summed E-state index contributed by atoms with van der Waals surface area (Å²) in [5.41, 5.74) is -2.06. The molecule has 0 aliphatic rings. The number of ether oxygens (including phenoxy) is 1. The minimum Gasteiger partial charge on any atom is -0.465 e. The molecule has 3 nitrogen and oxygen atoms in total. The SMILES string of the molecule is COC(=O)c1ccc2c(C(F)(F)F)cnc(-c3c(F)cccc3F)c2c1. The van der Waals surface area contributed by atoms with Crippen LogP contribution >= 0.6 is 0 Å². The zero-order valence-corrected chi connectivity index (χ0v) is 13.2. The van der Waals surface area contributed by atoms with Crippen molar-refractivity contribution in [3.8, 4) is 11.3 Å². The molecule has 134 valence electrons. The Kier molecular flexibility index (Phi) is 4.35. The molecule has 0 aliphatic carbocycles. The molecule has 0 aliphatic heterocycles. The second kappa shape index (κ2) is 6.36. The second-order valence-corrected chi connectivity index (χ2v) is 5.37. The lowest BCUT2D eigenvalue weighted by atomic mass is 9.98. The highest BCUT2D eigenvalue weighted by molar-refractivity contribution is 6.01. The fourth-order valence-electron chi connectivity index (χ4n) is 2.64. The fourth-order valence-corrected chi connectivity index (χ4v) is 2.64. The number of alkyl halides is 3. The topological polar surface area (TPSA) is 39.2 Å². The van der Waals surface area contributed by atoms with Gasteiger partial charge in [0.15, 0.2) is 0 Å². The number of benzene rings is 2. The van der Waals surface area contributed by atoms with Crippen molar-refractivity contribution in [3.63, 3.8) is 0 Å². The number of methoxy groups -OCH3 is 1. The molecule has 0 saturated carbocycles. The average molecular weight is 367 g/mol. The van der Waals surface area contributed by atoms with Crippen molar-refractivity contribution in [2.24, 2.45) is 0 Å². The molecule has 0 bridgehead atoms. The Balaban J connectivity index is 2.42. The van der Waals surface area contributed by atoms with E-state index in [-0.39, 0.29) is 22.0 Å². The number of pyridine rings is 1. The second-order valence-electron chi connectivity index (χ2n) is 5.37. The molecule has 3 aromatic rings. The molecular formula is C18H10F5NO2. The molecular weight excluding hydrogens is 357 g/mol. The molecule has 0 radical (unpaired) electrons. The molecule has 26 heavy (non-hydrogen) atoms. The molecule has 0 N–H and O–H groups in total. The van der Waals surface area contributed by atoms with Gasteiger partial charge in [-0.05, 0) is 29.7 Å². The number of hydrogen-bond donors (Lipinski definition) is 0. The first kappa shape index (κ1) is 17.8. The summed E-state index contributed by atoms with van der Waals surface area (Å²) in [5, 5.41) is -0.551. The Morgan fingerprint density at radius 2 is 1.69 bits per heavy atom. The number of nitrogens with zero attached hydrogens (tertiary/aromatic N) is 1. The Hall–Kier alpha value is -3.03. The molecule has 8 heteroatoms. The number of rotatable bonds is 2. The maximum absolute atomic E-state index is 14.1. The number of carbonyl (C=O) groups is 1. The van der Waals surface area contributed by atoms with Crippen LogP contribution in [0.15, 0.2) is 42.6 Å². The van der Waals surface area contributed by atoms with E-state index in [1.165, 1.54) is 0 Å². The number of halogens is 5. The minimum absolute atomic E-state index is 0.0703. The number of fused-ring (bicyclic) bond motifs is 1. The zero-order chi connectivity index (χ0) is 19.1. The molecule has 2 aromatic carbocycles. The summed E-state index contributed by atoms with van der Waals surface area (Å²) in [6, 6.07) is 6.33. The quantitative estimate of drug-likeness (QED) is 0.473. The fraction of sp³-hybridized carbons (Fsp3) is 0.111. The highest BCUT2D eigenvalue weighted by Crippen LogP contribution is 2.39. The average Bonchev–Trinajstić information content (AvgIpc) is 2.59. The van der Waals surface area contributed by atoms with Crippen LogP contribution in [-0.2, 0) is 10.9 Å². The summed E-state index contributed by atoms with van der Waals surface area (Å²) < 4.78 is 72.6. The Bertz CT molecular complexity index is 994. The lowest BCUT2D eigenvalue weighted by Gasteiger charge is -2.14. The molecule has 1 heterocycles. The summed E-state index contributed by atoms with van der Waals surface area (Å²) in [4.78, 5) is 15.3. The van der Waals surface area contributed by atoms with E-state index in [4.69, 9.17) is 0 Å². The normalized spacial score (nSPS) is 11.6. The molecule has 0 fully saturated rings. The first-order valence-corrected chi connectivity index (χ1v) is 7.26. The number of esters is 1. The third-order valence-electron chi connectivity index (χ3n) is 3.81. The van der Waals surface area contributed by atoms with Gasteiger partial charge in [-0.3, -0.25) is 4.98 Å². The van der Waals surface area contributed by atoms with Crippen LogP contribution < -0.4 is 0 Å². The summed E-state index contributed by atoms with van der Waals surface area (Å²) in [7, 11) is 1.11. The van der Waals surface area contributed by atoms with Crippen molar-refractivity contribution in [2.75, 3.05) is 7.11 Å². The highest BCUT2D eigenvalue weighted by Gasteiger charge is 2.34. The molecule has 0 spiro atoms. The Morgan fingerprint density at radius 3 is 2.27 bits per heavy atom. The minimum atomic E-state index is -4.73. The van der Waals surface area contributed by atoms with Gasteiger partial charge in [-0.25, -0.2) is 13.6 Å². The smallest absolute Gasteiger partial charge is 0.418 e. The predicted octanol–water partition coefficient (Wildman–Crippen LogP) is 4.99. The lowest BCUT2D eigenvalue weighted by molar-refractivity contribution is -0.136. The number of aromatic nitrogens is 1. The van der Waals surface area contributed by atoms with Gasteiger partial charge in [0.05, 0.1) is 29.5 Å². The van der Waals surface area contributed by atoms with E-state index in [1.807, 2.05) is 0 Å². The number of carbonyl (C=O) groups excluding carboxylic acids is 1. The van der Waals surface area contributed by atoms with Crippen molar-refractivity contribution in [2.45, 2.75) is 6.18 Å². The molecule has 3 rings (SSSR count). The van der Waals surface area contributed by atoms with Gasteiger partial charge in [0.25, 0.3) is 0 Å². The van der Waals surface area contributed by atoms with Crippen LogP contribution in [-0.4, -0.2) is 18.1 Å². The largest absolute Gasteiger partial charge is 0.465 e. The first-order chi connectivity index (χ1) is 12.2. The van der Waals surface area contributed by atoms with Crippen LogP contribution in [0, 0.1) is 11.6 Å². The molecule has 0 amide bonds. The monoisotopic (exact) mass is 367 g/mol. The van der Waals surface area contributed by atoms with E-state index >= 15 is 0 Å². The van der Waals surface area contributed by atoms with Crippen LogP contribution in [0.4, 0.5) is 22.0 Å². The van der Waals surface area contributed by atoms with Gasteiger partial charge in [-0.2, -0.15) is 13.2 Å². The van der Waals surface area contributed by atoms with Gasteiger partial charge < -0.3 is 4.74 Å². The van der Waals surface area contributed by atoms with Gasteiger partial charge >= 0.3 is 12.1 Å². The van der Waals surface area contributed by atoms with Crippen LogP contribution in [0.5, 0.6) is 0 Å². The summed E-state index contributed by atoms with van der Waals surface area (Å²) in [5.74, 6) is -2.77. The van der Waals surface area contributed by atoms with E-state index in [0.717, 1.165) is 43.5 Å². The van der Waals surface area contributed by atoms with Gasteiger partial charge in [0.1, 0.15) is 11.6 Å². The van der Waals surface area contributed by atoms with Gasteiger partial charge in [-0.1, -0.05) is 12.1 Å².